The van der Waals surface area contributed by atoms with E-state index in [0.29, 0.717) is 16.7 Å². The predicted molar refractivity (Wildman–Crippen MR) is 83.6 cm³/mol. The molecular formula is C14H10FN5OS. The molecule has 0 saturated carbocycles. The maximum absolute atomic E-state index is 13.4. The molecule has 8 heteroatoms. The van der Waals surface area contributed by atoms with Crippen LogP contribution < -0.4 is 10.7 Å². The first-order valence-electron chi connectivity index (χ1n) is 6.30. The van der Waals surface area contributed by atoms with Crippen LogP contribution in [0, 0.1) is 5.82 Å². The zero-order valence-corrected chi connectivity index (χ0v) is 12.0. The molecule has 1 aromatic heterocycles. The Bertz CT molecular complexity index is 848. The highest BCUT2D eigenvalue weighted by Gasteiger charge is 2.07. The predicted octanol–water partition coefficient (Wildman–Crippen LogP) is 2.99. The Labute approximate surface area is 129 Å². The van der Waals surface area contributed by atoms with Crippen molar-refractivity contribution in [3.8, 4) is 0 Å². The first-order chi connectivity index (χ1) is 10.7. The molecule has 2 amide bonds. The summed E-state index contributed by atoms with van der Waals surface area (Å²) in [4.78, 5) is 11.8. The van der Waals surface area contributed by atoms with Gasteiger partial charge in [0.1, 0.15) is 16.9 Å². The van der Waals surface area contributed by atoms with E-state index >= 15 is 0 Å². The van der Waals surface area contributed by atoms with Crippen LogP contribution in [0.2, 0.25) is 0 Å². The molecule has 1 heterocycles. The first kappa shape index (κ1) is 14.1. The Morgan fingerprint density at radius 3 is 2.91 bits per heavy atom. The van der Waals surface area contributed by atoms with E-state index in [9.17, 15) is 9.18 Å². The highest BCUT2D eigenvalue weighted by Crippen LogP contribution is 2.20. The fourth-order valence-corrected chi connectivity index (χ4v) is 2.35. The maximum atomic E-state index is 13.4. The average molecular weight is 315 g/mol. The van der Waals surface area contributed by atoms with Crippen molar-refractivity contribution in [2.45, 2.75) is 0 Å². The number of hydrogen-bond donors (Lipinski definition) is 2. The molecule has 110 valence electrons. The van der Waals surface area contributed by atoms with Gasteiger partial charge < -0.3 is 5.32 Å². The summed E-state index contributed by atoms with van der Waals surface area (Å²) in [6.45, 7) is 0. The summed E-state index contributed by atoms with van der Waals surface area (Å²) < 4.78 is 21.6. The number of urea groups is 1. The lowest BCUT2D eigenvalue weighted by atomic mass is 10.2. The van der Waals surface area contributed by atoms with Crippen molar-refractivity contribution in [2.24, 2.45) is 5.10 Å². The topological polar surface area (TPSA) is 79.3 Å². The number of halogens is 1. The lowest BCUT2D eigenvalue weighted by molar-refractivity contribution is 0.252. The Kier molecular flexibility index (Phi) is 4.01. The smallest absolute Gasteiger partial charge is 0.304 e. The summed E-state index contributed by atoms with van der Waals surface area (Å²) in [5, 5.41) is 6.32. The summed E-state index contributed by atoms with van der Waals surface area (Å²) in [6.07, 6.45) is 1.24. The molecule has 0 aliphatic carbocycles. The van der Waals surface area contributed by atoms with Crippen LogP contribution in [0.15, 0.2) is 47.6 Å². The van der Waals surface area contributed by atoms with Gasteiger partial charge in [-0.15, -0.1) is 0 Å². The highest BCUT2D eigenvalue weighted by molar-refractivity contribution is 7.00. The number of nitrogens with zero attached hydrogens (tertiary/aromatic N) is 3. The minimum Gasteiger partial charge on any atom is -0.304 e. The molecule has 0 fully saturated rings. The molecule has 0 bridgehead atoms. The molecule has 3 aromatic rings. The molecule has 0 unspecified atom stereocenters. The standard InChI is InChI=1S/C14H10FN5OS/c15-10-5-2-1-4-9(10)8-16-18-14(21)17-11-6-3-7-12-13(11)20-22-19-12/h1-8H,(H2,17,18,21)/b16-8+. The lowest BCUT2D eigenvalue weighted by Crippen LogP contribution is -2.24. The van der Waals surface area contributed by atoms with Gasteiger partial charge in [-0.1, -0.05) is 24.3 Å². The van der Waals surface area contributed by atoms with Crippen LogP contribution in [0.5, 0.6) is 0 Å². The fourth-order valence-electron chi connectivity index (χ4n) is 1.80. The zero-order chi connectivity index (χ0) is 15.4. The number of fused-ring (bicyclic) bond motifs is 1. The molecular weight excluding hydrogens is 305 g/mol. The molecule has 0 saturated heterocycles. The van der Waals surface area contributed by atoms with Gasteiger partial charge in [-0.2, -0.15) is 13.8 Å². The summed E-state index contributed by atoms with van der Waals surface area (Å²) in [7, 11) is 0. The van der Waals surface area contributed by atoms with Crippen LogP contribution in [0.3, 0.4) is 0 Å². The van der Waals surface area contributed by atoms with E-state index in [1.807, 2.05) is 0 Å². The van der Waals surface area contributed by atoms with Gasteiger partial charge in [0.15, 0.2) is 0 Å². The second kappa shape index (κ2) is 6.27. The van der Waals surface area contributed by atoms with Crippen molar-refractivity contribution in [2.75, 3.05) is 5.32 Å². The molecule has 22 heavy (non-hydrogen) atoms. The van der Waals surface area contributed by atoms with E-state index < -0.39 is 11.8 Å². The number of carbonyl (C=O) groups is 1. The Morgan fingerprint density at radius 2 is 2.05 bits per heavy atom. The number of anilines is 1. The van der Waals surface area contributed by atoms with E-state index in [4.69, 9.17) is 0 Å². The van der Waals surface area contributed by atoms with Gasteiger partial charge in [0.05, 0.1) is 23.6 Å². The summed E-state index contributed by atoms with van der Waals surface area (Å²) in [5.41, 5.74) is 4.41. The molecule has 0 aliphatic rings. The maximum Gasteiger partial charge on any atom is 0.339 e. The SMILES string of the molecule is O=C(N/N=C/c1ccccc1F)Nc1cccc2nsnc12. The van der Waals surface area contributed by atoms with Gasteiger partial charge in [-0.3, -0.25) is 0 Å². The van der Waals surface area contributed by atoms with Crippen molar-refractivity contribution in [1.29, 1.82) is 0 Å². The van der Waals surface area contributed by atoms with Crippen molar-refractivity contribution in [1.82, 2.24) is 14.2 Å². The largest absolute Gasteiger partial charge is 0.339 e. The molecule has 2 aromatic carbocycles. The Balaban J connectivity index is 1.66. The van der Waals surface area contributed by atoms with Crippen molar-refractivity contribution < 1.29 is 9.18 Å². The van der Waals surface area contributed by atoms with Crippen molar-refractivity contribution >= 4 is 40.7 Å². The van der Waals surface area contributed by atoms with E-state index in [0.717, 1.165) is 11.7 Å². The summed E-state index contributed by atoms with van der Waals surface area (Å²) in [6, 6.07) is 10.9. The number of carbonyl (C=O) groups excluding carboxylic acids is 1. The molecule has 2 N–H and O–H groups in total. The minimum atomic E-state index is -0.548. The van der Waals surface area contributed by atoms with Crippen molar-refractivity contribution in [3.63, 3.8) is 0 Å². The van der Waals surface area contributed by atoms with Gasteiger partial charge in [0.25, 0.3) is 0 Å². The van der Waals surface area contributed by atoms with Crippen LogP contribution in [0.4, 0.5) is 14.9 Å². The van der Waals surface area contributed by atoms with Crippen LogP contribution in [0.1, 0.15) is 5.56 Å². The molecule has 6 nitrogen and oxygen atoms in total. The van der Waals surface area contributed by atoms with Crippen LogP contribution >= 0.6 is 11.7 Å². The van der Waals surface area contributed by atoms with Crippen LogP contribution in [-0.4, -0.2) is 21.0 Å². The number of hydrogen-bond acceptors (Lipinski definition) is 5. The monoisotopic (exact) mass is 315 g/mol. The van der Waals surface area contributed by atoms with Crippen LogP contribution in [0.25, 0.3) is 11.0 Å². The van der Waals surface area contributed by atoms with Gasteiger partial charge in [-0.05, 0) is 18.2 Å². The zero-order valence-electron chi connectivity index (χ0n) is 11.2. The molecule has 3 rings (SSSR count). The van der Waals surface area contributed by atoms with Crippen molar-refractivity contribution in [3.05, 3.63) is 53.8 Å². The third-order valence-corrected chi connectivity index (χ3v) is 3.35. The van der Waals surface area contributed by atoms with E-state index in [2.05, 4.69) is 24.6 Å². The lowest BCUT2D eigenvalue weighted by Gasteiger charge is -2.04. The normalized spacial score (nSPS) is 11.0. The number of rotatable bonds is 3. The Morgan fingerprint density at radius 1 is 1.18 bits per heavy atom. The third kappa shape index (κ3) is 3.07. The quantitative estimate of drug-likeness (QED) is 0.576. The molecule has 0 spiro atoms. The number of hydrazone groups is 1. The van der Waals surface area contributed by atoms with Gasteiger partial charge in [0.2, 0.25) is 0 Å². The van der Waals surface area contributed by atoms with E-state index in [-0.39, 0.29) is 5.56 Å². The summed E-state index contributed by atoms with van der Waals surface area (Å²) >= 11 is 1.07. The number of amides is 2. The number of benzene rings is 2. The third-order valence-electron chi connectivity index (χ3n) is 2.81. The van der Waals surface area contributed by atoms with Gasteiger partial charge >= 0.3 is 6.03 Å². The first-order valence-corrected chi connectivity index (χ1v) is 7.03. The molecule has 0 atom stereocenters. The van der Waals surface area contributed by atoms with Crippen LogP contribution in [-0.2, 0) is 0 Å². The second-order valence-electron chi connectivity index (χ2n) is 4.28. The second-order valence-corrected chi connectivity index (χ2v) is 4.81. The Hall–Kier alpha value is -2.87. The van der Waals surface area contributed by atoms with E-state index in [1.54, 1.807) is 36.4 Å². The molecule has 0 radical (unpaired) electrons. The fraction of sp³-hybridized carbons (Fsp3) is 0. The minimum absolute atomic E-state index is 0.286. The van der Waals surface area contributed by atoms with E-state index in [1.165, 1.54) is 12.3 Å². The number of aromatic nitrogens is 2. The number of nitrogens with one attached hydrogen (secondary N) is 2. The highest BCUT2D eigenvalue weighted by atomic mass is 32.1. The van der Waals surface area contributed by atoms with Gasteiger partial charge in [0, 0.05) is 5.56 Å². The van der Waals surface area contributed by atoms with Gasteiger partial charge in [-0.25, -0.2) is 14.6 Å². The average Bonchev–Trinajstić information content (AvgIpc) is 2.99. The molecule has 0 aliphatic heterocycles. The summed E-state index contributed by atoms with van der Waals surface area (Å²) in [5.74, 6) is -0.410.